The molecule has 4 nitrogen and oxygen atoms in total. The maximum Gasteiger partial charge on any atom is 0.258 e. The molecule has 3 N–H and O–H groups in total. The molecule has 5 heteroatoms. The second-order valence-corrected chi connectivity index (χ2v) is 5.56. The molecule has 0 aromatic heterocycles. The highest BCUT2D eigenvalue weighted by Crippen LogP contribution is 2.20. The average Bonchev–Trinajstić information content (AvgIpc) is 2.23. The van der Waals surface area contributed by atoms with Gasteiger partial charge in [0.2, 0.25) is 0 Å². The van der Waals surface area contributed by atoms with Gasteiger partial charge in [-0.3, -0.25) is 4.79 Å². The molecular weight excluding hydrogens is 247 g/mol. The number of ether oxygens (including phenoxy) is 1. The van der Waals surface area contributed by atoms with E-state index >= 15 is 0 Å². The first kappa shape index (κ1) is 15.4. The van der Waals surface area contributed by atoms with Crippen molar-refractivity contribution >= 4 is 5.91 Å². The molecule has 0 radical (unpaired) electrons. The summed E-state index contributed by atoms with van der Waals surface area (Å²) in [6, 6.07) is 4.03. The fraction of sp³-hybridized carbons (Fsp3) is 0.500. The summed E-state index contributed by atoms with van der Waals surface area (Å²) in [5.74, 6) is -0.362. The van der Waals surface area contributed by atoms with Gasteiger partial charge in [-0.2, -0.15) is 0 Å². The van der Waals surface area contributed by atoms with E-state index < -0.39 is 5.82 Å². The van der Waals surface area contributed by atoms with Crippen LogP contribution in [0.2, 0.25) is 0 Å². The van der Waals surface area contributed by atoms with Crippen LogP contribution in [0, 0.1) is 5.82 Å². The minimum Gasteiger partial charge on any atom is -0.484 e. The number of nitrogens with two attached hydrogens (primary N) is 1. The summed E-state index contributed by atoms with van der Waals surface area (Å²) in [5.41, 5.74) is 5.72. The van der Waals surface area contributed by atoms with E-state index in [1.807, 2.05) is 20.8 Å². The molecule has 1 aromatic rings. The smallest absolute Gasteiger partial charge is 0.258 e. The van der Waals surface area contributed by atoms with Gasteiger partial charge in [-0.15, -0.1) is 0 Å². The summed E-state index contributed by atoms with van der Waals surface area (Å²) in [6.07, 6.45) is 0. The molecule has 0 bridgehead atoms. The average molecular weight is 268 g/mol. The molecule has 0 aliphatic carbocycles. The summed E-state index contributed by atoms with van der Waals surface area (Å²) in [5, 5.41) is 2.76. The Labute approximate surface area is 113 Å². The third-order valence-corrected chi connectivity index (χ3v) is 2.35. The maximum absolute atomic E-state index is 13.6. The molecule has 19 heavy (non-hydrogen) atoms. The van der Waals surface area contributed by atoms with Crippen molar-refractivity contribution in [2.75, 3.05) is 6.61 Å². The molecule has 0 aliphatic rings. The number of carbonyl (C=O) groups excluding carboxylic acids is 1. The molecule has 1 atom stereocenters. The molecule has 1 aromatic carbocycles. The molecule has 0 heterocycles. The quantitative estimate of drug-likeness (QED) is 0.879. The van der Waals surface area contributed by atoms with Gasteiger partial charge in [-0.25, -0.2) is 4.39 Å². The summed E-state index contributed by atoms with van der Waals surface area (Å²) in [7, 11) is 0. The Morgan fingerprint density at radius 1 is 1.47 bits per heavy atom. The van der Waals surface area contributed by atoms with Crippen molar-refractivity contribution in [1.82, 2.24) is 5.32 Å². The van der Waals surface area contributed by atoms with Crippen molar-refractivity contribution in [3.05, 3.63) is 29.6 Å². The second-order valence-electron chi connectivity index (χ2n) is 5.56. The van der Waals surface area contributed by atoms with Gasteiger partial charge < -0.3 is 15.8 Å². The number of amides is 1. The van der Waals surface area contributed by atoms with E-state index in [-0.39, 0.29) is 24.1 Å². The van der Waals surface area contributed by atoms with Gasteiger partial charge in [0.15, 0.2) is 6.61 Å². The lowest BCUT2D eigenvalue weighted by Crippen LogP contribution is -2.43. The lowest BCUT2D eigenvalue weighted by atomic mass is 10.1. The van der Waals surface area contributed by atoms with Gasteiger partial charge >= 0.3 is 0 Å². The lowest BCUT2D eigenvalue weighted by Gasteiger charge is -2.20. The van der Waals surface area contributed by atoms with Crippen LogP contribution >= 0.6 is 0 Å². The first-order chi connectivity index (χ1) is 8.69. The van der Waals surface area contributed by atoms with Crippen molar-refractivity contribution in [3.8, 4) is 5.75 Å². The van der Waals surface area contributed by atoms with Crippen LogP contribution in [0.15, 0.2) is 18.2 Å². The molecule has 0 spiro atoms. The Kier molecular flexibility index (Phi) is 4.89. The highest BCUT2D eigenvalue weighted by atomic mass is 19.1. The Balaban J connectivity index is 2.59. The summed E-state index contributed by atoms with van der Waals surface area (Å²) in [4.78, 5) is 11.5. The van der Waals surface area contributed by atoms with Crippen LogP contribution in [0.3, 0.4) is 0 Å². The van der Waals surface area contributed by atoms with Gasteiger partial charge in [0, 0.05) is 23.2 Å². The number of benzene rings is 1. The van der Waals surface area contributed by atoms with E-state index in [0.29, 0.717) is 11.3 Å². The van der Waals surface area contributed by atoms with E-state index in [0.717, 1.165) is 0 Å². The summed E-state index contributed by atoms with van der Waals surface area (Å²) >= 11 is 0. The normalized spacial score (nSPS) is 12.9. The highest BCUT2D eigenvalue weighted by Gasteiger charge is 2.14. The minimum atomic E-state index is -0.427. The van der Waals surface area contributed by atoms with Gasteiger partial charge in [-0.1, -0.05) is 6.07 Å². The predicted octanol–water partition coefficient (Wildman–Crippen LogP) is 2.14. The van der Waals surface area contributed by atoms with Crippen LogP contribution in [0.1, 0.15) is 39.3 Å². The number of hydrogen-bond acceptors (Lipinski definition) is 3. The van der Waals surface area contributed by atoms with Crippen LogP contribution in [0.25, 0.3) is 0 Å². The molecule has 0 saturated carbocycles. The lowest BCUT2D eigenvalue weighted by molar-refractivity contribution is -0.124. The monoisotopic (exact) mass is 268 g/mol. The molecule has 1 amide bonds. The Morgan fingerprint density at radius 2 is 2.11 bits per heavy atom. The van der Waals surface area contributed by atoms with Crippen molar-refractivity contribution in [3.63, 3.8) is 0 Å². The molecule has 0 saturated heterocycles. The fourth-order valence-electron chi connectivity index (χ4n) is 1.57. The van der Waals surface area contributed by atoms with Crippen molar-refractivity contribution in [1.29, 1.82) is 0 Å². The van der Waals surface area contributed by atoms with E-state index in [4.69, 9.17) is 10.5 Å². The van der Waals surface area contributed by atoms with Gasteiger partial charge in [0.1, 0.15) is 11.6 Å². The first-order valence-electron chi connectivity index (χ1n) is 6.18. The van der Waals surface area contributed by atoms with Crippen LogP contribution in [-0.2, 0) is 4.79 Å². The fourth-order valence-corrected chi connectivity index (χ4v) is 1.57. The third-order valence-electron chi connectivity index (χ3n) is 2.35. The van der Waals surface area contributed by atoms with Crippen LogP contribution in [-0.4, -0.2) is 18.1 Å². The van der Waals surface area contributed by atoms with Crippen LogP contribution in [0.5, 0.6) is 5.75 Å². The van der Waals surface area contributed by atoms with E-state index in [1.165, 1.54) is 6.07 Å². The van der Waals surface area contributed by atoms with Crippen molar-refractivity contribution in [2.24, 2.45) is 5.73 Å². The SMILES string of the molecule is CC(N)c1ccc(OCC(=O)NC(C)(C)C)cc1F. The number of rotatable bonds is 4. The number of hydrogen-bond donors (Lipinski definition) is 2. The van der Waals surface area contributed by atoms with Gasteiger partial charge in [0.05, 0.1) is 0 Å². The minimum absolute atomic E-state index is 0.145. The zero-order valence-electron chi connectivity index (χ0n) is 11.8. The van der Waals surface area contributed by atoms with Gasteiger partial charge in [0.25, 0.3) is 5.91 Å². The van der Waals surface area contributed by atoms with Gasteiger partial charge in [-0.05, 0) is 33.8 Å². The van der Waals surface area contributed by atoms with E-state index in [1.54, 1.807) is 19.1 Å². The van der Waals surface area contributed by atoms with Crippen molar-refractivity contribution in [2.45, 2.75) is 39.3 Å². The Morgan fingerprint density at radius 3 is 2.58 bits per heavy atom. The number of nitrogens with one attached hydrogen (secondary N) is 1. The third kappa shape index (κ3) is 5.26. The second kappa shape index (κ2) is 6.02. The number of halogens is 1. The molecule has 0 fully saturated rings. The number of carbonyl (C=O) groups is 1. The molecule has 1 rings (SSSR count). The summed E-state index contributed by atoms with van der Waals surface area (Å²) in [6.45, 7) is 7.19. The zero-order chi connectivity index (χ0) is 14.6. The van der Waals surface area contributed by atoms with Crippen LogP contribution < -0.4 is 15.8 Å². The van der Waals surface area contributed by atoms with Crippen molar-refractivity contribution < 1.29 is 13.9 Å². The topological polar surface area (TPSA) is 64.3 Å². The zero-order valence-corrected chi connectivity index (χ0v) is 11.8. The van der Waals surface area contributed by atoms with Crippen LogP contribution in [0.4, 0.5) is 4.39 Å². The highest BCUT2D eigenvalue weighted by molar-refractivity contribution is 5.78. The summed E-state index contributed by atoms with van der Waals surface area (Å²) < 4.78 is 18.9. The largest absolute Gasteiger partial charge is 0.484 e. The van der Waals surface area contributed by atoms with E-state index in [2.05, 4.69) is 5.32 Å². The molecule has 1 unspecified atom stereocenters. The molecular formula is C14H21FN2O2. The Hall–Kier alpha value is -1.62. The molecule has 0 aliphatic heterocycles. The Bertz CT molecular complexity index is 453. The van der Waals surface area contributed by atoms with E-state index in [9.17, 15) is 9.18 Å². The standard InChI is InChI=1S/C14H21FN2O2/c1-9(16)11-6-5-10(7-12(11)15)19-8-13(18)17-14(2,3)4/h5-7,9H,8,16H2,1-4H3,(H,17,18). The first-order valence-corrected chi connectivity index (χ1v) is 6.18. The maximum atomic E-state index is 13.6. The molecule has 106 valence electrons. The predicted molar refractivity (Wildman–Crippen MR) is 72.4 cm³/mol.